The van der Waals surface area contributed by atoms with Gasteiger partial charge < -0.3 is 25.7 Å². The van der Waals surface area contributed by atoms with Gasteiger partial charge in [-0.3, -0.25) is 9.35 Å². The minimum absolute atomic E-state index is 0.212. The van der Waals surface area contributed by atoms with Crippen LogP contribution in [0.1, 0.15) is 0 Å². The molecule has 9 nitrogen and oxygen atoms in total. The van der Waals surface area contributed by atoms with Crippen LogP contribution >= 0.6 is 0 Å². The summed E-state index contributed by atoms with van der Waals surface area (Å²) >= 11 is 0. The van der Waals surface area contributed by atoms with E-state index in [1.54, 1.807) is 0 Å². The second kappa shape index (κ2) is 7.74. The maximum atomic E-state index is 11.3. The first-order chi connectivity index (χ1) is 8.19. The van der Waals surface area contributed by atoms with Crippen molar-refractivity contribution < 1.29 is 38.2 Å². The van der Waals surface area contributed by atoms with Gasteiger partial charge in [0.15, 0.2) is 5.78 Å². The van der Waals surface area contributed by atoms with Gasteiger partial charge in [-0.1, -0.05) is 0 Å². The van der Waals surface area contributed by atoms with Gasteiger partial charge in [-0.15, -0.1) is 0 Å². The summed E-state index contributed by atoms with van der Waals surface area (Å²) in [5, 5.41) is 38.3. The van der Waals surface area contributed by atoms with Gasteiger partial charge in [0.05, 0.1) is 18.9 Å². The quantitative estimate of drug-likeness (QED) is 0.184. The summed E-state index contributed by atoms with van der Waals surface area (Å²) in [7, 11) is -4.13. The molecule has 0 aromatic carbocycles. The zero-order chi connectivity index (χ0) is 14.3. The second-order valence-corrected chi connectivity index (χ2v) is 5.19. The Balaban J connectivity index is 4.02. The summed E-state index contributed by atoms with van der Waals surface area (Å²) in [6.07, 6.45) is -5.38. The van der Waals surface area contributed by atoms with Crippen molar-refractivity contribution >= 4 is 15.9 Å². The molecule has 0 saturated carbocycles. The molecule has 0 amide bonds. The summed E-state index contributed by atoms with van der Waals surface area (Å²) < 4.78 is 29.0. The lowest BCUT2D eigenvalue weighted by atomic mass is 10.0. The predicted octanol–water partition coefficient (Wildman–Crippen LogP) is -3.89. The van der Waals surface area contributed by atoms with Crippen LogP contribution in [0.4, 0.5) is 0 Å². The number of rotatable bonds is 9. The number of carbonyl (C=O) groups excluding carboxylic acids is 1. The summed E-state index contributed by atoms with van der Waals surface area (Å²) in [4.78, 5) is 11.3. The Labute approximate surface area is 104 Å². The number of Topliss-reactive ketones (excluding diaryl/α,β-unsaturated/α-hetero) is 1. The minimum Gasteiger partial charge on any atom is -0.394 e. The molecule has 0 saturated heterocycles. The Morgan fingerprint density at radius 2 is 1.78 bits per heavy atom. The van der Waals surface area contributed by atoms with Crippen LogP contribution in [0.5, 0.6) is 0 Å². The molecule has 0 aromatic rings. The van der Waals surface area contributed by atoms with Gasteiger partial charge in [0.25, 0.3) is 10.1 Å². The highest BCUT2D eigenvalue weighted by atomic mass is 32.2. The first-order valence-electron chi connectivity index (χ1n) is 5.02. The van der Waals surface area contributed by atoms with Gasteiger partial charge >= 0.3 is 0 Å². The van der Waals surface area contributed by atoms with Crippen molar-refractivity contribution in [2.75, 3.05) is 25.4 Å². The number of aliphatic hydroxyl groups excluding tert-OH is 4. The van der Waals surface area contributed by atoms with Gasteiger partial charge in [-0.05, 0) is 0 Å². The van der Waals surface area contributed by atoms with Gasteiger partial charge in [-0.2, -0.15) is 8.42 Å². The van der Waals surface area contributed by atoms with Crippen LogP contribution in [0, 0.1) is 0 Å². The van der Waals surface area contributed by atoms with Crippen LogP contribution in [0.25, 0.3) is 0 Å². The summed E-state index contributed by atoms with van der Waals surface area (Å²) in [5.41, 5.74) is 0. The van der Waals surface area contributed by atoms with E-state index in [0.29, 0.717) is 0 Å². The predicted molar refractivity (Wildman–Crippen MR) is 59.4 cm³/mol. The number of hydrogen-bond donors (Lipinski definition) is 6. The number of ketones is 1. The van der Waals surface area contributed by atoms with E-state index in [1.807, 2.05) is 0 Å². The second-order valence-electron chi connectivity index (χ2n) is 3.61. The molecule has 3 atom stereocenters. The average Bonchev–Trinajstić information content (AvgIpc) is 2.30. The Morgan fingerprint density at radius 3 is 2.22 bits per heavy atom. The molecule has 0 radical (unpaired) electrons. The molecule has 18 heavy (non-hydrogen) atoms. The Kier molecular flexibility index (Phi) is 7.47. The lowest BCUT2D eigenvalue weighted by Gasteiger charge is -2.20. The number of nitrogens with one attached hydrogen (secondary N) is 1. The molecule has 0 aliphatic rings. The Bertz CT molecular complexity index is 356. The summed E-state index contributed by atoms with van der Waals surface area (Å²) in [5.74, 6) is -1.48. The summed E-state index contributed by atoms with van der Waals surface area (Å²) in [6, 6.07) is 0. The van der Waals surface area contributed by atoms with E-state index in [-0.39, 0.29) is 6.54 Å². The van der Waals surface area contributed by atoms with E-state index >= 15 is 0 Å². The third-order valence-electron chi connectivity index (χ3n) is 2.07. The smallest absolute Gasteiger partial charge is 0.266 e. The fourth-order valence-corrected chi connectivity index (χ4v) is 1.43. The molecule has 0 heterocycles. The fourth-order valence-electron chi connectivity index (χ4n) is 1.03. The standard InChI is InChI=1S/C8H17NO8S/c10-4-6(12)8(14)7(13)5(11)3-9-1-2-18(15,16)17/h6-10,12-14H,1-4H2,(H,15,16,17)/t6-,7-,8-/m1/s1. The molecule has 6 N–H and O–H groups in total. The topological polar surface area (TPSA) is 164 Å². The number of carbonyl (C=O) groups is 1. The van der Waals surface area contributed by atoms with Crippen molar-refractivity contribution in [1.29, 1.82) is 0 Å². The SMILES string of the molecule is O=C(CNCCS(=O)(=O)O)[C@@H](O)[C@H](O)[C@H](O)CO. The van der Waals surface area contributed by atoms with Crippen LogP contribution in [0.3, 0.4) is 0 Å². The molecule has 0 bridgehead atoms. The van der Waals surface area contributed by atoms with E-state index in [9.17, 15) is 23.4 Å². The largest absolute Gasteiger partial charge is 0.394 e. The number of aliphatic hydroxyl groups is 4. The maximum absolute atomic E-state index is 11.3. The van der Waals surface area contributed by atoms with Gasteiger partial charge in [0, 0.05) is 6.54 Å². The van der Waals surface area contributed by atoms with Crippen LogP contribution < -0.4 is 5.32 Å². The highest BCUT2D eigenvalue weighted by Gasteiger charge is 2.29. The van der Waals surface area contributed by atoms with Gasteiger partial charge in [0.1, 0.15) is 18.3 Å². The molecule has 0 unspecified atom stereocenters. The third-order valence-corrected chi connectivity index (χ3v) is 2.79. The lowest BCUT2D eigenvalue weighted by Crippen LogP contribution is -2.46. The minimum atomic E-state index is -4.13. The van der Waals surface area contributed by atoms with Crippen LogP contribution in [-0.2, 0) is 14.9 Å². The van der Waals surface area contributed by atoms with E-state index in [1.165, 1.54) is 0 Å². The lowest BCUT2D eigenvalue weighted by molar-refractivity contribution is -0.139. The monoisotopic (exact) mass is 287 g/mol. The molecule has 0 rings (SSSR count). The highest BCUT2D eigenvalue weighted by molar-refractivity contribution is 7.85. The van der Waals surface area contributed by atoms with E-state index in [2.05, 4.69) is 5.32 Å². The van der Waals surface area contributed by atoms with Crippen LogP contribution in [-0.4, -0.2) is 82.9 Å². The molecular formula is C8H17NO8S. The zero-order valence-corrected chi connectivity index (χ0v) is 10.2. The first-order valence-corrected chi connectivity index (χ1v) is 6.63. The highest BCUT2D eigenvalue weighted by Crippen LogP contribution is 2.00. The maximum Gasteiger partial charge on any atom is 0.266 e. The normalized spacial score (nSPS) is 17.2. The van der Waals surface area contributed by atoms with Crippen molar-refractivity contribution in [3.63, 3.8) is 0 Å². The average molecular weight is 287 g/mol. The van der Waals surface area contributed by atoms with Crippen molar-refractivity contribution in [3.8, 4) is 0 Å². The zero-order valence-electron chi connectivity index (χ0n) is 9.43. The number of hydrogen-bond acceptors (Lipinski definition) is 8. The van der Waals surface area contributed by atoms with Crippen LogP contribution in [0.2, 0.25) is 0 Å². The molecule has 10 heteroatoms. The fraction of sp³-hybridized carbons (Fsp3) is 0.875. The first kappa shape index (κ1) is 17.4. The third kappa shape index (κ3) is 6.96. The van der Waals surface area contributed by atoms with Crippen molar-refractivity contribution in [1.82, 2.24) is 5.32 Å². The molecule has 108 valence electrons. The molecule has 0 spiro atoms. The summed E-state index contributed by atoms with van der Waals surface area (Å²) in [6.45, 7) is -1.48. The molecule has 0 aromatic heterocycles. The van der Waals surface area contributed by atoms with Crippen molar-refractivity contribution in [2.24, 2.45) is 0 Å². The Morgan fingerprint density at radius 1 is 1.22 bits per heavy atom. The Hall–Kier alpha value is -0.620. The molecule has 0 aliphatic heterocycles. The molecule has 0 aliphatic carbocycles. The van der Waals surface area contributed by atoms with Gasteiger partial charge in [-0.25, -0.2) is 0 Å². The molecule has 0 fully saturated rings. The van der Waals surface area contributed by atoms with Crippen molar-refractivity contribution in [2.45, 2.75) is 18.3 Å². The van der Waals surface area contributed by atoms with E-state index in [0.717, 1.165) is 0 Å². The van der Waals surface area contributed by atoms with Crippen molar-refractivity contribution in [3.05, 3.63) is 0 Å². The van der Waals surface area contributed by atoms with Gasteiger partial charge in [0.2, 0.25) is 0 Å². The molecular weight excluding hydrogens is 270 g/mol. The van der Waals surface area contributed by atoms with Crippen LogP contribution in [0.15, 0.2) is 0 Å². The van der Waals surface area contributed by atoms with E-state index < -0.39 is 53.1 Å². The van der Waals surface area contributed by atoms with E-state index in [4.69, 9.17) is 14.8 Å².